The lowest BCUT2D eigenvalue weighted by atomic mass is 10.00. The molecule has 1 fully saturated rings. The van der Waals surface area contributed by atoms with Crippen molar-refractivity contribution >= 4 is 33.0 Å². The average Bonchev–Trinajstić information content (AvgIpc) is 2.81. The lowest BCUT2D eigenvalue weighted by molar-refractivity contribution is -0.152. The van der Waals surface area contributed by atoms with Gasteiger partial charge in [-0.05, 0) is 36.8 Å². The van der Waals surface area contributed by atoms with Gasteiger partial charge >= 0.3 is 12.3 Å². The fourth-order valence-electron chi connectivity index (χ4n) is 4.06. The fourth-order valence-corrected chi connectivity index (χ4v) is 4.33. The van der Waals surface area contributed by atoms with Gasteiger partial charge in [0, 0.05) is 37.2 Å². The van der Waals surface area contributed by atoms with Crippen LogP contribution >= 0.6 is 15.9 Å². The Morgan fingerprint density at radius 2 is 1.77 bits per heavy atom. The summed E-state index contributed by atoms with van der Waals surface area (Å²) in [6, 6.07) is 8.43. The molecule has 0 saturated carbocycles. The Morgan fingerprint density at radius 3 is 2.37 bits per heavy atom. The van der Waals surface area contributed by atoms with E-state index in [0.717, 1.165) is 0 Å². The molecule has 0 aliphatic carbocycles. The number of rotatable bonds is 4. The molecule has 2 heterocycles. The number of alkyl halides is 3. The van der Waals surface area contributed by atoms with E-state index in [9.17, 15) is 27.9 Å². The number of hydrogen-bond acceptors (Lipinski definition) is 6. The maximum absolute atomic E-state index is 14.0. The summed E-state index contributed by atoms with van der Waals surface area (Å²) in [6.07, 6.45) is -5.37. The molecular weight excluding hydrogens is 533 g/mol. The Kier molecular flexibility index (Phi) is 7.09. The first kappa shape index (κ1) is 25.1. The number of carbonyl (C=O) groups excluding carboxylic acids is 1. The second-order valence-electron chi connectivity index (χ2n) is 8.04. The number of amides is 1. The van der Waals surface area contributed by atoms with Crippen LogP contribution in [-0.2, 0) is 17.5 Å². The number of hydrogen-bond donors (Lipinski definition) is 1. The van der Waals surface area contributed by atoms with Crippen LogP contribution in [0, 0.1) is 0 Å². The lowest BCUT2D eigenvalue weighted by Crippen LogP contribution is -2.48. The smallest absolute Gasteiger partial charge is 0.450 e. The van der Waals surface area contributed by atoms with Crippen molar-refractivity contribution in [2.24, 2.45) is 0 Å². The van der Waals surface area contributed by atoms with E-state index < -0.39 is 29.0 Å². The predicted octanol–water partition coefficient (Wildman–Crippen LogP) is 5.22. The molecule has 1 aromatic heterocycles. The molecule has 1 aliphatic rings. The first-order valence-electron chi connectivity index (χ1n) is 10.9. The Labute approximate surface area is 206 Å². The summed E-state index contributed by atoms with van der Waals surface area (Å²) < 4.78 is 53.1. The van der Waals surface area contributed by atoms with Crippen LogP contribution in [0.3, 0.4) is 0 Å². The van der Waals surface area contributed by atoms with Gasteiger partial charge in [-0.2, -0.15) is 13.2 Å². The molecule has 11 heteroatoms. The molecule has 1 aliphatic heterocycles. The number of fused-ring (bicyclic) bond motifs is 1. The highest BCUT2D eigenvalue weighted by atomic mass is 79.9. The third kappa shape index (κ3) is 5.15. The molecular formula is C24H22BrF3N2O5. The molecule has 35 heavy (non-hydrogen) atoms. The second kappa shape index (κ2) is 9.90. The zero-order chi connectivity index (χ0) is 25.3. The summed E-state index contributed by atoms with van der Waals surface area (Å²) in [6.45, 7) is 3.53. The highest BCUT2D eigenvalue weighted by Gasteiger charge is 2.40. The van der Waals surface area contributed by atoms with Crippen LogP contribution in [0.25, 0.3) is 22.1 Å². The number of phenols is 1. The minimum absolute atomic E-state index is 0.0394. The van der Waals surface area contributed by atoms with Crippen LogP contribution in [0.5, 0.6) is 5.75 Å². The number of halogens is 4. The summed E-state index contributed by atoms with van der Waals surface area (Å²) in [4.78, 5) is 28.6. The molecule has 1 N–H and O–H groups in total. The Bertz CT molecular complexity index is 1300. The Hall–Kier alpha value is -3.05. The molecule has 3 aromatic rings. The summed E-state index contributed by atoms with van der Waals surface area (Å²) in [7, 11) is 0. The number of ether oxygens (including phenoxy) is 1. The second-order valence-corrected chi connectivity index (χ2v) is 8.96. The van der Waals surface area contributed by atoms with E-state index in [1.165, 1.54) is 41.3 Å². The standard InChI is InChI=1S/C24H22BrF3N2O5/c1-2-34-23(33)30-11-9-29(10-12-30)13-17-18(31)8-7-16-20(32)19(14-3-5-15(25)6-4-14)22(24(26,27)28)35-21(16)17/h3-8,31H,2,9-13H2,1H3. The van der Waals surface area contributed by atoms with E-state index in [1.807, 2.05) is 4.90 Å². The maximum Gasteiger partial charge on any atom is 0.450 e. The monoisotopic (exact) mass is 554 g/mol. The first-order chi connectivity index (χ1) is 16.6. The van der Waals surface area contributed by atoms with Crippen molar-refractivity contribution in [3.05, 3.63) is 62.4 Å². The van der Waals surface area contributed by atoms with Gasteiger partial charge in [0.2, 0.25) is 11.2 Å². The summed E-state index contributed by atoms with van der Waals surface area (Å²) in [5.41, 5.74) is -1.58. The van der Waals surface area contributed by atoms with Crippen LogP contribution in [0.4, 0.5) is 18.0 Å². The molecule has 186 valence electrons. The van der Waals surface area contributed by atoms with Crippen LogP contribution < -0.4 is 5.43 Å². The van der Waals surface area contributed by atoms with Crippen molar-refractivity contribution in [3.8, 4) is 16.9 Å². The highest BCUT2D eigenvalue weighted by Crippen LogP contribution is 2.39. The van der Waals surface area contributed by atoms with Crippen molar-refractivity contribution in [2.75, 3.05) is 32.8 Å². The summed E-state index contributed by atoms with van der Waals surface area (Å²) >= 11 is 3.23. The number of piperazine rings is 1. The molecule has 1 saturated heterocycles. The van der Waals surface area contributed by atoms with Gasteiger partial charge < -0.3 is 19.2 Å². The zero-order valence-electron chi connectivity index (χ0n) is 18.7. The van der Waals surface area contributed by atoms with Gasteiger partial charge in [0.1, 0.15) is 11.3 Å². The van der Waals surface area contributed by atoms with Crippen molar-refractivity contribution in [1.29, 1.82) is 0 Å². The third-order valence-corrected chi connectivity index (χ3v) is 6.34. The predicted molar refractivity (Wildman–Crippen MR) is 126 cm³/mol. The Balaban J connectivity index is 1.75. The summed E-state index contributed by atoms with van der Waals surface area (Å²) in [5.74, 6) is -1.70. The molecule has 0 bridgehead atoms. The third-order valence-electron chi connectivity index (χ3n) is 5.81. The van der Waals surface area contributed by atoms with Gasteiger partial charge in [-0.3, -0.25) is 9.69 Å². The fraction of sp³-hybridized carbons (Fsp3) is 0.333. The van der Waals surface area contributed by atoms with Gasteiger partial charge in [-0.15, -0.1) is 0 Å². The van der Waals surface area contributed by atoms with E-state index in [0.29, 0.717) is 30.7 Å². The van der Waals surface area contributed by atoms with E-state index in [2.05, 4.69) is 15.9 Å². The molecule has 0 radical (unpaired) electrons. The molecule has 0 spiro atoms. The van der Waals surface area contributed by atoms with Gasteiger partial charge in [0.15, 0.2) is 0 Å². The largest absolute Gasteiger partial charge is 0.507 e. The van der Waals surface area contributed by atoms with Crippen LogP contribution in [-0.4, -0.2) is 53.8 Å². The van der Waals surface area contributed by atoms with Crippen LogP contribution in [0.15, 0.2) is 50.1 Å². The van der Waals surface area contributed by atoms with Crippen molar-refractivity contribution in [1.82, 2.24) is 9.80 Å². The summed E-state index contributed by atoms with van der Waals surface area (Å²) in [5, 5.41) is 10.4. The number of phenolic OH excluding ortho intramolecular Hbond substituents is 1. The molecule has 1 amide bonds. The van der Waals surface area contributed by atoms with Crippen molar-refractivity contribution in [3.63, 3.8) is 0 Å². The van der Waals surface area contributed by atoms with Crippen LogP contribution in [0.2, 0.25) is 0 Å². The van der Waals surface area contributed by atoms with Gasteiger partial charge in [0.25, 0.3) is 0 Å². The van der Waals surface area contributed by atoms with E-state index >= 15 is 0 Å². The average molecular weight is 555 g/mol. The first-order valence-corrected chi connectivity index (χ1v) is 11.7. The van der Waals surface area contributed by atoms with Crippen molar-refractivity contribution in [2.45, 2.75) is 19.6 Å². The maximum atomic E-state index is 14.0. The SMILES string of the molecule is CCOC(=O)N1CCN(Cc2c(O)ccc3c(=O)c(-c4ccc(Br)cc4)c(C(F)(F)F)oc23)CC1. The number of aromatic hydroxyl groups is 1. The minimum Gasteiger partial charge on any atom is -0.507 e. The quantitative estimate of drug-likeness (QED) is 0.476. The number of nitrogens with zero attached hydrogens (tertiary/aromatic N) is 2. The van der Waals surface area contributed by atoms with Gasteiger partial charge in [-0.1, -0.05) is 28.1 Å². The van der Waals surface area contributed by atoms with E-state index in [4.69, 9.17) is 9.15 Å². The van der Waals surface area contributed by atoms with Crippen molar-refractivity contribution < 1.29 is 32.2 Å². The minimum atomic E-state index is -4.94. The zero-order valence-corrected chi connectivity index (χ0v) is 20.3. The molecule has 4 rings (SSSR count). The van der Waals surface area contributed by atoms with E-state index in [-0.39, 0.29) is 41.0 Å². The number of benzene rings is 2. The van der Waals surface area contributed by atoms with E-state index in [1.54, 1.807) is 6.92 Å². The Morgan fingerprint density at radius 1 is 1.11 bits per heavy atom. The molecule has 7 nitrogen and oxygen atoms in total. The topological polar surface area (TPSA) is 83.2 Å². The highest BCUT2D eigenvalue weighted by molar-refractivity contribution is 9.10. The molecule has 0 atom stereocenters. The number of carbonyl (C=O) groups is 1. The molecule has 0 unspecified atom stereocenters. The normalized spacial score (nSPS) is 14.9. The van der Waals surface area contributed by atoms with Crippen LogP contribution in [0.1, 0.15) is 18.2 Å². The molecule has 2 aromatic carbocycles. The van der Waals surface area contributed by atoms with Gasteiger partial charge in [0.05, 0.1) is 23.1 Å². The lowest BCUT2D eigenvalue weighted by Gasteiger charge is -2.34. The van der Waals surface area contributed by atoms with Gasteiger partial charge in [-0.25, -0.2) is 4.79 Å².